The molecule has 2 aliphatic heterocycles. The molecule has 0 radical (unpaired) electrons. The second-order valence-corrected chi connectivity index (χ2v) is 13.4. The van der Waals surface area contributed by atoms with Gasteiger partial charge in [-0.05, 0) is 72.9 Å². The van der Waals surface area contributed by atoms with Gasteiger partial charge in [-0.1, -0.05) is 88.0 Å². The van der Waals surface area contributed by atoms with Crippen molar-refractivity contribution in [3.8, 4) is 0 Å². The number of alkyl carbamates (subject to hydrolysis) is 2. The number of ether oxygens (including phenoxy) is 2. The van der Waals surface area contributed by atoms with Crippen LogP contribution in [0.25, 0.3) is 0 Å². The molecule has 2 aromatic carbocycles. The van der Waals surface area contributed by atoms with Crippen LogP contribution in [0.15, 0.2) is 48.5 Å². The minimum atomic E-state index is -0.283. The molecule has 2 heterocycles. The molecular formula is C32H40Cl2N2O4. The van der Waals surface area contributed by atoms with Gasteiger partial charge in [0.05, 0.1) is 12.1 Å². The van der Waals surface area contributed by atoms with Gasteiger partial charge in [0, 0.05) is 20.9 Å². The van der Waals surface area contributed by atoms with Gasteiger partial charge in [-0.15, -0.1) is 0 Å². The molecule has 2 aromatic rings. The van der Waals surface area contributed by atoms with E-state index in [1.54, 1.807) is 0 Å². The number of nitrogens with one attached hydrogen (secondary N) is 2. The molecular weight excluding hydrogens is 547 g/mol. The molecule has 0 spiro atoms. The van der Waals surface area contributed by atoms with Crippen molar-refractivity contribution in [3.05, 3.63) is 69.7 Å². The lowest BCUT2D eigenvalue weighted by atomic mass is 9.58. The van der Waals surface area contributed by atoms with Crippen molar-refractivity contribution in [3.63, 3.8) is 0 Å². The highest BCUT2D eigenvalue weighted by Gasteiger charge is 2.55. The summed E-state index contributed by atoms with van der Waals surface area (Å²) in [6, 6.07) is 16.2. The van der Waals surface area contributed by atoms with Crippen LogP contribution in [0, 0.1) is 11.8 Å². The van der Waals surface area contributed by atoms with Crippen molar-refractivity contribution in [2.75, 3.05) is 0 Å². The number of hydrogen-bond donors (Lipinski definition) is 2. The first kappa shape index (κ1) is 29.1. The smallest absolute Gasteiger partial charge is 0.407 e. The van der Waals surface area contributed by atoms with Crippen LogP contribution in [-0.4, -0.2) is 36.5 Å². The van der Waals surface area contributed by atoms with Gasteiger partial charge in [-0.2, -0.15) is 0 Å². The number of benzene rings is 2. The fourth-order valence-electron chi connectivity index (χ4n) is 7.05. The molecule has 2 saturated heterocycles. The van der Waals surface area contributed by atoms with Gasteiger partial charge in [0.25, 0.3) is 0 Å². The van der Waals surface area contributed by atoms with Crippen LogP contribution in [0.3, 0.4) is 0 Å². The summed E-state index contributed by atoms with van der Waals surface area (Å²) >= 11 is 12.0. The monoisotopic (exact) mass is 586 g/mol. The zero-order chi connectivity index (χ0) is 28.7. The summed E-state index contributed by atoms with van der Waals surface area (Å²) in [6.45, 7) is 8.41. The first-order chi connectivity index (χ1) is 19.1. The molecule has 2 saturated carbocycles. The van der Waals surface area contributed by atoms with E-state index in [9.17, 15) is 9.59 Å². The second-order valence-electron chi connectivity index (χ2n) is 12.5. The Hall–Kier alpha value is -2.44. The number of cyclic esters (lactones) is 2. The highest BCUT2D eigenvalue weighted by molar-refractivity contribution is 6.30. The van der Waals surface area contributed by atoms with Crippen molar-refractivity contribution in [2.45, 2.75) is 101 Å². The summed E-state index contributed by atoms with van der Waals surface area (Å²) in [7, 11) is 0. The van der Waals surface area contributed by atoms with E-state index in [0.717, 1.165) is 35.7 Å². The van der Waals surface area contributed by atoms with Crippen LogP contribution in [0.2, 0.25) is 10.0 Å². The first-order valence-electron chi connectivity index (χ1n) is 14.5. The maximum atomic E-state index is 11.7. The predicted octanol–water partition coefficient (Wildman–Crippen LogP) is 7.79. The van der Waals surface area contributed by atoms with Crippen LogP contribution in [0.5, 0.6) is 0 Å². The van der Waals surface area contributed by atoms with Crippen molar-refractivity contribution >= 4 is 35.4 Å². The van der Waals surface area contributed by atoms with E-state index in [4.69, 9.17) is 32.7 Å². The molecule has 0 aromatic heterocycles. The van der Waals surface area contributed by atoms with Crippen LogP contribution >= 0.6 is 23.2 Å². The Labute approximate surface area is 247 Å². The van der Waals surface area contributed by atoms with Crippen molar-refractivity contribution in [1.82, 2.24) is 10.6 Å². The first-order valence-corrected chi connectivity index (χ1v) is 15.3. The molecule has 6 rings (SSSR count). The molecule has 2 amide bonds. The standard InChI is InChI=1S/2C16H20ClNO2/c2*1-10(2)13-14(18-15(19)20-13)16(8-3-9-16)11-4-6-12(17)7-5-11/h2*4-7,10,13-14H,3,8-9H2,1-2H3,(H,18,19)/t13-,14+;13-,14-/m01/s1. The number of hydrogen-bond acceptors (Lipinski definition) is 4. The van der Waals surface area contributed by atoms with E-state index in [2.05, 4.69) is 62.6 Å². The lowest BCUT2D eigenvalue weighted by Gasteiger charge is -2.48. The summed E-state index contributed by atoms with van der Waals surface area (Å²) in [5, 5.41) is 7.59. The average Bonchev–Trinajstić information content (AvgIpc) is 3.44. The van der Waals surface area contributed by atoms with Crippen molar-refractivity contribution in [2.24, 2.45) is 11.8 Å². The Morgan fingerprint density at radius 3 is 1.23 bits per heavy atom. The summed E-state index contributed by atoms with van der Waals surface area (Å²) in [5.74, 6) is 0.618. The van der Waals surface area contributed by atoms with Gasteiger partial charge in [-0.25, -0.2) is 9.59 Å². The van der Waals surface area contributed by atoms with Crippen molar-refractivity contribution < 1.29 is 19.1 Å². The Balaban J connectivity index is 0.000000161. The molecule has 216 valence electrons. The molecule has 40 heavy (non-hydrogen) atoms. The highest BCUT2D eigenvalue weighted by atomic mass is 35.5. The van der Waals surface area contributed by atoms with Crippen LogP contribution in [0.1, 0.15) is 77.3 Å². The van der Waals surface area contributed by atoms with Crippen LogP contribution < -0.4 is 10.6 Å². The molecule has 4 aliphatic rings. The maximum absolute atomic E-state index is 11.7. The Morgan fingerprint density at radius 2 is 0.975 bits per heavy atom. The summed E-state index contributed by atoms with van der Waals surface area (Å²) in [5.41, 5.74) is 2.53. The number of carbonyl (C=O) groups excluding carboxylic acids is 2. The quantitative estimate of drug-likeness (QED) is 0.362. The van der Waals surface area contributed by atoms with Gasteiger partial charge in [0.2, 0.25) is 0 Å². The molecule has 2 N–H and O–H groups in total. The van der Waals surface area contributed by atoms with Crippen molar-refractivity contribution in [1.29, 1.82) is 0 Å². The fraction of sp³-hybridized carbons (Fsp3) is 0.562. The third-order valence-corrected chi connectivity index (χ3v) is 10.0. The maximum Gasteiger partial charge on any atom is 0.407 e. The van der Waals surface area contributed by atoms with Crippen LogP contribution in [-0.2, 0) is 20.3 Å². The molecule has 0 bridgehead atoms. The number of amides is 2. The van der Waals surface area contributed by atoms with E-state index < -0.39 is 0 Å². The predicted molar refractivity (Wildman–Crippen MR) is 158 cm³/mol. The summed E-state index contributed by atoms with van der Waals surface area (Å²) in [4.78, 5) is 23.4. The summed E-state index contributed by atoms with van der Waals surface area (Å²) < 4.78 is 11.0. The third-order valence-electron chi connectivity index (χ3n) is 9.52. The minimum Gasteiger partial charge on any atom is -0.444 e. The van der Waals surface area contributed by atoms with E-state index >= 15 is 0 Å². The van der Waals surface area contributed by atoms with E-state index in [-0.39, 0.29) is 47.3 Å². The van der Waals surface area contributed by atoms with E-state index in [1.165, 1.54) is 24.0 Å². The van der Waals surface area contributed by atoms with E-state index in [0.29, 0.717) is 11.8 Å². The SMILES string of the molecule is CC(C)[C@@H]1OC(=O)N[C@H]1C1(c2ccc(Cl)cc2)CCC1.CC(C)[C@H]1OC(=O)N[C@H]1C1(c2ccc(Cl)cc2)CCC1. The highest BCUT2D eigenvalue weighted by Crippen LogP contribution is 2.51. The Bertz CT molecular complexity index is 1110. The van der Waals surface area contributed by atoms with Gasteiger partial charge in [-0.3, -0.25) is 0 Å². The van der Waals surface area contributed by atoms with E-state index in [1.807, 2.05) is 24.3 Å². The fourth-order valence-corrected chi connectivity index (χ4v) is 7.31. The number of carbonyl (C=O) groups is 2. The lowest BCUT2D eigenvalue weighted by molar-refractivity contribution is 0.0615. The van der Waals surface area contributed by atoms with Gasteiger partial charge >= 0.3 is 12.2 Å². The number of halogens is 2. The average molecular weight is 588 g/mol. The summed E-state index contributed by atoms with van der Waals surface area (Å²) in [6.07, 6.45) is 6.07. The Kier molecular flexibility index (Phi) is 8.32. The van der Waals surface area contributed by atoms with Gasteiger partial charge < -0.3 is 20.1 Å². The largest absolute Gasteiger partial charge is 0.444 e. The molecule has 2 aliphatic carbocycles. The third kappa shape index (κ3) is 5.30. The molecule has 4 atom stereocenters. The molecule has 6 nitrogen and oxygen atoms in total. The van der Waals surface area contributed by atoms with Gasteiger partial charge in [0.15, 0.2) is 0 Å². The van der Waals surface area contributed by atoms with Crippen LogP contribution in [0.4, 0.5) is 9.59 Å². The zero-order valence-corrected chi connectivity index (χ0v) is 25.2. The molecule has 0 unspecified atom stereocenters. The van der Waals surface area contributed by atoms with Gasteiger partial charge in [0.1, 0.15) is 12.2 Å². The Morgan fingerprint density at radius 1 is 0.650 bits per heavy atom. The zero-order valence-electron chi connectivity index (χ0n) is 23.7. The lowest BCUT2D eigenvalue weighted by Crippen LogP contribution is -2.55. The minimum absolute atomic E-state index is 0.00564. The normalized spacial score (nSPS) is 27.9. The topological polar surface area (TPSA) is 76.7 Å². The molecule has 8 heteroatoms. The second kappa shape index (κ2) is 11.4. The molecule has 4 fully saturated rings. The number of rotatable bonds is 6.